The first kappa shape index (κ1) is 25.5. The smallest absolute Gasteiger partial charge is 0.394 e. The number of ether oxygens (including phenoxy) is 2. The van der Waals surface area contributed by atoms with Crippen LogP contribution in [0.4, 0.5) is 4.39 Å². The number of aliphatic hydroxyl groups is 2. The third-order valence-corrected chi connectivity index (χ3v) is 6.62. The van der Waals surface area contributed by atoms with Crippen molar-refractivity contribution in [2.75, 3.05) is 6.61 Å². The number of aliphatic hydroxyl groups excluding tert-OH is 2. The Bertz CT molecular complexity index is 1200. The summed E-state index contributed by atoms with van der Waals surface area (Å²) in [6, 6.07) is 1.06. The van der Waals surface area contributed by atoms with Crippen LogP contribution >= 0.6 is 7.82 Å². The Hall–Kier alpha value is -2.56. The zero-order chi connectivity index (χ0) is 25.5. The van der Waals surface area contributed by atoms with Crippen LogP contribution in [-0.4, -0.2) is 73.8 Å². The summed E-state index contributed by atoms with van der Waals surface area (Å²) in [5.41, 5.74) is -1.45. The average Bonchev–Trinajstić information content (AvgIpc) is 3.32. The largest absolute Gasteiger partial charge is 0.474 e. The number of imide groups is 1. The predicted molar refractivity (Wildman–Crippen MR) is 108 cm³/mol. The van der Waals surface area contributed by atoms with Gasteiger partial charge in [0.15, 0.2) is 12.1 Å². The minimum Gasteiger partial charge on any atom is -0.394 e. The second-order valence-electron chi connectivity index (χ2n) is 7.99. The highest BCUT2D eigenvalue weighted by Crippen LogP contribution is 2.51. The minimum atomic E-state index is -4.99. The van der Waals surface area contributed by atoms with Gasteiger partial charge in [0.25, 0.3) is 11.5 Å². The predicted octanol–water partition coefficient (Wildman–Crippen LogP) is -2.08. The Morgan fingerprint density at radius 3 is 2.63 bits per heavy atom. The zero-order valence-electron chi connectivity index (χ0n) is 17.7. The van der Waals surface area contributed by atoms with Crippen molar-refractivity contribution in [1.29, 1.82) is 0 Å². The highest BCUT2D eigenvalue weighted by Gasteiger charge is 2.48. The number of hydrogen-bond acceptors (Lipinski definition) is 11. The number of carbonyl (C=O) groups excluding carboxylic acids is 2. The quantitative estimate of drug-likeness (QED) is 0.193. The number of phosphoric ester groups is 1. The molecule has 0 spiro atoms. The highest BCUT2D eigenvalue weighted by atomic mass is 31.2. The van der Waals surface area contributed by atoms with Gasteiger partial charge in [0.2, 0.25) is 5.91 Å². The van der Waals surface area contributed by atoms with Gasteiger partial charge < -0.3 is 24.6 Å². The number of hydrogen-bond donors (Lipinski definition) is 5. The van der Waals surface area contributed by atoms with Gasteiger partial charge in [-0.2, -0.15) is 0 Å². The molecule has 0 aromatic carbocycles. The lowest BCUT2D eigenvalue weighted by Gasteiger charge is -2.24. The maximum atomic E-state index is 13.6. The third-order valence-electron chi connectivity index (χ3n) is 5.61. The third kappa shape index (κ3) is 5.49. The van der Waals surface area contributed by atoms with Crippen molar-refractivity contribution in [1.82, 2.24) is 14.9 Å². The molecule has 1 aromatic heterocycles. The first-order chi connectivity index (χ1) is 16.5. The molecule has 17 heteroatoms. The second-order valence-corrected chi connectivity index (χ2v) is 9.35. The number of rotatable bonds is 7. The van der Waals surface area contributed by atoms with E-state index in [9.17, 15) is 43.2 Å². The minimum absolute atomic E-state index is 0.192. The Balaban J connectivity index is 1.41. The van der Waals surface area contributed by atoms with E-state index in [0.717, 1.165) is 22.9 Å². The normalized spacial score (nSPS) is 35.0. The molecular weight excluding hydrogens is 500 g/mol. The molecule has 8 atom stereocenters. The van der Waals surface area contributed by atoms with Crippen LogP contribution in [0, 0.1) is 5.92 Å². The summed E-state index contributed by atoms with van der Waals surface area (Å²) in [6.45, 7) is -0.655. The summed E-state index contributed by atoms with van der Waals surface area (Å²) >= 11 is 0. The van der Waals surface area contributed by atoms with Crippen molar-refractivity contribution in [3.8, 4) is 0 Å². The number of halogens is 1. The van der Waals surface area contributed by atoms with Gasteiger partial charge in [0, 0.05) is 25.1 Å². The summed E-state index contributed by atoms with van der Waals surface area (Å²) in [5, 5.41) is 21.5. The van der Waals surface area contributed by atoms with Gasteiger partial charge in [-0.05, 0) is 6.08 Å². The molecular formula is C18H21FN3O12P. The van der Waals surface area contributed by atoms with Crippen molar-refractivity contribution < 1.29 is 52.2 Å². The van der Waals surface area contributed by atoms with E-state index < -0.39 is 86.2 Å². The van der Waals surface area contributed by atoms with Crippen molar-refractivity contribution in [3.05, 3.63) is 45.0 Å². The molecule has 0 bridgehead atoms. The number of aromatic nitrogens is 2. The topological polar surface area (TPSA) is 216 Å². The molecule has 35 heavy (non-hydrogen) atoms. The maximum Gasteiger partial charge on any atom is 0.474 e. The first-order valence-corrected chi connectivity index (χ1v) is 11.8. The fourth-order valence-electron chi connectivity index (χ4n) is 3.96. The molecule has 2 unspecified atom stereocenters. The van der Waals surface area contributed by atoms with Crippen molar-refractivity contribution >= 4 is 19.6 Å². The standard InChI is InChI=1S/C18H21FN3O12P/c19-8-3-7(15(26)21-16(8)27)10-4-9(24)17(32-10)34-35(29,30)33-11-5-14(31-12(11)6-23)22-2-1-13(25)20-18(22)28/h1-3,7,9-12,14,17,23-24H,4-6H2,(H,29,30)(H,20,25,28)(H,21,26,27)/t7?,9-,10+,11-,12+,14+,17+/m0/s1. The number of carbonyl (C=O) groups is 2. The molecule has 2 fully saturated rings. The van der Waals surface area contributed by atoms with Crippen LogP contribution in [-0.2, 0) is 32.7 Å². The van der Waals surface area contributed by atoms with Gasteiger partial charge in [-0.1, -0.05) is 0 Å². The molecule has 15 nitrogen and oxygen atoms in total. The molecule has 4 heterocycles. The molecule has 4 rings (SSSR count). The zero-order valence-corrected chi connectivity index (χ0v) is 18.6. The van der Waals surface area contributed by atoms with Crippen molar-refractivity contribution in [3.63, 3.8) is 0 Å². The maximum absolute atomic E-state index is 13.6. The van der Waals surface area contributed by atoms with Crippen LogP contribution in [0.15, 0.2) is 33.8 Å². The van der Waals surface area contributed by atoms with Crippen LogP contribution in [0.2, 0.25) is 0 Å². The van der Waals surface area contributed by atoms with Gasteiger partial charge in [-0.3, -0.25) is 38.3 Å². The molecule has 3 aliphatic heterocycles. The second kappa shape index (κ2) is 9.83. The molecule has 2 saturated heterocycles. The highest BCUT2D eigenvalue weighted by molar-refractivity contribution is 7.47. The summed E-state index contributed by atoms with van der Waals surface area (Å²) in [5.74, 6) is -4.62. The Morgan fingerprint density at radius 1 is 1.20 bits per heavy atom. The summed E-state index contributed by atoms with van der Waals surface area (Å²) in [7, 11) is -4.99. The molecule has 0 aliphatic carbocycles. The number of amides is 2. The van der Waals surface area contributed by atoms with Gasteiger partial charge >= 0.3 is 13.5 Å². The monoisotopic (exact) mass is 521 g/mol. The van der Waals surface area contributed by atoms with E-state index in [-0.39, 0.29) is 12.8 Å². The van der Waals surface area contributed by atoms with Gasteiger partial charge in [0.1, 0.15) is 24.5 Å². The summed E-state index contributed by atoms with van der Waals surface area (Å²) in [6.07, 6.45) is -6.49. The summed E-state index contributed by atoms with van der Waals surface area (Å²) in [4.78, 5) is 58.6. The van der Waals surface area contributed by atoms with E-state index >= 15 is 0 Å². The average molecular weight is 521 g/mol. The van der Waals surface area contributed by atoms with Gasteiger partial charge in [-0.15, -0.1) is 0 Å². The SMILES string of the molecule is O=C1NC(=O)C([C@H]2C[C@H](O)[C@@H](OP(=O)(O)O[C@H]3C[C@H](n4ccc(=O)[nH]c4=O)O[C@@H]3CO)O2)C=C1F. The van der Waals surface area contributed by atoms with Crippen LogP contribution in [0.5, 0.6) is 0 Å². The Kier molecular flexibility index (Phi) is 7.17. The number of phosphoric acid groups is 1. The van der Waals surface area contributed by atoms with E-state index in [0.29, 0.717) is 0 Å². The van der Waals surface area contributed by atoms with E-state index in [1.54, 1.807) is 5.32 Å². The number of aromatic amines is 1. The van der Waals surface area contributed by atoms with E-state index in [1.165, 1.54) is 0 Å². The first-order valence-electron chi connectivity index (χ1n) is 10.3. The lowest BCUT2D eigenvalue weighted by Crippen LogP contribution is -2.44. The summed E-state index contributed by atoms with van der Waals surface area (Å²) < 4.78 is 48.0. The number of H-pyrrole nitrogens is 1. The van der Waals surface area contributed by atoms with E-state index in [2.05, 4.69) is 0 Å². The van der Waals surface area contributed by atoms with E-state index in [1.807, 2.05) is 4.98 Å². The number of nitrogens with one attached hydrogen (secondary N) is 2. The Morgan fingerprint density at radius 2 is 1.94 bits per heavy atom. The fraction of sp³-hybridized carbons (Fsp3) is 0.556. The lowest BCUT2D eigenvalue weighted by molar-refractivity contribution is -0.145. The molecule has 0 saturated carbocycles. The Labute approximate surface area is 194 Å². The van der Waals surface area contributed by atoms with Gasteiger partial charge in [0.05, 0.1) is 18.6 Å². The van der Waals surface area contributed by atoms with Crippen LogP contribution in [0.25, 0.3) is 0 Å². The van der Waals surface area contributed by atoms with Crippen molar-refractivity contribution in [2.24, 2.45) is 5.92 Å². The molecule has 5 N–H and O–H groups in total. The molecule has 1 aromatic rings. The molecule has 2 amide bonds. The molecule has 192 valence electrons. The van der Waals surface area contributed by atoms with Crippen molar-refractivity contribution in [2.45, 2.75) is 49.8 Å². The van der Waals surface area contributed by atoms with Crippen LogP contribution < -0.4 is 16.6 Å². The van der Waals surface area contributed by atoms with Crippen LogP contribution in [0.1, 0.15) is 19.1 Å². The lowest BCUT2D eigenvalue weighted by atomic mass is 9.95. The number of nitrogens with zero attached hydrogens (tertiary/aromatic N) is 1. The van der Waals surface area contributed by atoms with Crippen LogP contribution in [0.3, 0.4) is 0 Å². The van der Waals surface area contributed by atoms with E-state index in [4.69, 9.17) is 18.5 Å². The fourth-order valence-corrected chi connectivity index (χ4v) is 5.03. The molecule has 0 radical (unpaired) electrons. The van der Waals surface area contributed by atoms with Gasteiger partial charge in [-0.25, -0.2) is 13.8 Å². The molecule has 3 aliphatic rings.